The zero-order valence-corrected chi connectivity index (χ0v) is 9.15. The van der Waals surface area contributed by atoms with Gasteiger partial charge in [-0.2, -0.15) is 0 Å². The van der Waals surface area contributed by atoms with Crippen molar-refractivity contribution in [2.75, 3.05) is 6.54 Å². The molecule has 1 fully saturated rings. The van der Waals surface area contributed by atoms with Gasteiger partial charge in [-0.3, -0.25) is 4.79 Å². The number of nitrogens with one attached hydrogen (secondary N) is 2. The fourth-order valence-corrected chi connectivity index (χ4v) is 1.53. The summed E-state index contributed by atoms with van der Waals surface area (Å²) in [5.41, 5.74) is 1.10. The molecule has 0 spiro atoms. The topological polar surface area (TPSA) is 41.1 Å². The van der Waals surface area contributed by atoms with Crippen molar-refractivity contribution < 1.29 is 4.79 Å². The number of allylic oxidation sites excluding steroid dienone is 1. The predicted molar refractivity (Wildman–Crippen MR) is 57.8 cm³/mol. The quantitative estimate of drug-likeness (QED) is 0.677. The Hall–Kier alpha value is -0.990. The van der Waals surface area contributed by atoms with Gasteiger partial charge in [0.15, 0.2) is 0 Å². The Bertz CT molecular complexity index is 231. The molecule has 0 saturated heterocycles. The molecule has 0 atom stereocenters. The van der Waals surface area contributed by atoms with Crippen molar-refractivity contribution in [1.82, 2.24) is 10.6 Å². The van der Waals surface area contributed by atoms with Crippen LogP contribution in [-0.4, -0.2) is 18.0 Å². The Morgan fingerprint density at radius 1 is 1.50 bits per heavy atom. The molecule has 0 aromatic rings. The van der Waals surface area contributed by atoms with Crippen molar-refractivity contribution in [3.05, 3.63) is 12.3 Å². The molecule has 1 saturated carbocycles. The third kappa shape index (κ3) is 3.40. The van der Waals surface area contributed by atoms with E-state index in [1.54, 1.807) is 0 Å². The van der Waals surface area contributed by atoms with Gasteiger partial charge in [0.25, 0.3) is 0 Å². The average Bonchev–Trinajstić information content (AvgIpc) is 2.82. The first-order chi connectivity index (χ1) is 6.58. The van der Waals surface area contributed by atoms with Crippen LogP contribution in [0.1, 0.15) is 39.5 Å². The van der Waals surface area contributed by atoms with Crippen LogP contribution in [0, 0.1) is 0 Å². The first-order valence-corrected chi connectivity index (χ1v) is 5.28. The molecule has 1 aliphatic carbocycles. The minimum Gasteiger partial charge on any atom is -0.382 e. The summed E-state index contributed by atoms with van der Waals surface area (Å²) in [5, 5.41) is 6.27. The third-order valence-corrected chi connectivity index (χ3v) is 2.43. The van der Waals surface area contributed by atoms with Crippen LogP contribution < -0.4 is 10.6 Å². The van der Waals surface area contributed by atoms with Gasteiger partial charge in [-0.05, 0) is 26.2 Å². The summed E-state index contributed by atoms with van der Waals surface area (Å²) in [6.45, 7) is 8.52. The lowest BCUT2D eigenvalue weighted by molar-refractivity contribution is -0.121. The molecule has 80 valence electrons. The normalized spacial score (nSPS) is 17.3. The minimum absolute atomic E-state index is 0.120. The third-order valence-electron chi connectivity index (χ3n) is 2.43. The molecule has 0 aromatic heterocycles. The minimum atomic E-state index is 0.120. The zero-order valence-electron chi connectivity index (χ0n) is 9.15. The van der Waals surface area contributed by atoms with Crippen LogP contribution in [0.15, 0.2) is 12.3 Å². The smallest absolute Gasteiger partial charge is 0.220 e. The van der Waals surface area contributed by atoms with E-state index in [1.165, 1.54) is 0 Å². The van der Waals surface area contributed by atoms with E-state index in [2.05, 4.69) is 17.2 Å². The van der Waals surface area contributed by atoms with Gasteiger partial charge in [0.1, 0.15) is 0 Å². The molecule has 0 radical (unpaired) electrons. The van der Waals surface area contributed by atoms with E-state index in [1.807, 2.05) is 13.8 Å². The maximum Gasteiger partial charge on any atom is 0.220 e. The molecule has 0 aromatic carbocycles. The van der Waals surface area contributed by atoms with Crippen molar-refractivity contribution in [2.45, 2.75) is 45.1 Å². The number of rotatable bonds is 6. The summed E-state index contributed by atoms with van der Waals surface area (Å²) in [5.74, 6) is 0.155. The van der Waals surface area contributed by atoms with Crippen LogP contribution in [0.3, 0.4) is 0 Å². The van der Waals surface area contributed by atoms with Crippen LogP contribution in [0.25, 0.3) is 0 Å². The van der Waals surface area contributed by atoms with Gasteiger partial charge in [-0.25, -0.2) is 0 Å². The largest absolute Gasteiger partial charge is 0.382 e. The maximum absolute atomic E-state index is 11.2. The molecule has 3 heteroatoms. The molecule has 0 unspecified atom stereocenters. The van der Waals surface area contributed by atoms with Gasteiger partial charge in [0.2, 0.25) is 5.91 Å². The van der Waals surface area contributed by atoms with Gasteiger partial charge in [0, 0.05) is 18.7 Å². The van der Waals surface area contributed by atoms with Gasteiger partial charge in [-0.15, -0.1) is 0 Å². The second-order valence-electron chi connectivity index (χ2n) is 4.21. The summed E-state index contributed by atoms with van der Waals surface area (Å²) >= 11 is 0. The predicted octanol–water partition coefficient (Wildman–Crippen LogP) is 1.56. The second-order valence-corrected chi connectivity index (χ2v) is 4.21. The molecule has 14 heavy (non-hydrogen) atoms. The Kier molecular flexibility index (Phi) is 3.55. The number of hydrogen-bond acceptors (Lipinski definition) is 2. The first-order valence-electron chi connectivity index (χ1n) is 5.28. The fourth-order valence-electron chi connectivity index (χ4n) is 1.53. The lowest BCUT2D eigenvalue weighted by Crippen LogP contribution is -2.41. The van der Waals surface area contributed by atoms with Crippen molar-refractivity contribution in [2.24, 2.45) is 0 Å². The van der Waals surface area contributed by atoms with E-state index < -0.39 is 0 Å². The fraction of sp³-hybridized carbons (Fsp3) is 0.727. The number of carbonyl (C=O) groups is 1. The Labute approximate surface area is 86.0 Å². The van der Waals surface area contributed by atoms with Gasteiger partial charge in [-0.1, -0.05) is 13.5 Å². The van der Waals surface area contributed by atoms with Gasteiger partial charge in [0.05, 0.1) is 5.54 Å². The van der Waals surface area contributed by atoms with Crippen LogP contribution in [-0.2, 0) is 4.79 Å². The van der Waals surface area contributed by atoms with E-state index >= 15 is 0 Å². The monoisotopic (exact) mass is 196 g/mol. The Morgan fingerprint density at radius 3 is 2.57 bits per heavy atom. The van der Waals surface area contributed by atoms with Crippen molar-refractivity contribution in [3.63, 3.8) is 0 Å². The average molecular weight is 196 g/mol. The number of hydrogen-bond donors (Lipinski definition) is 2. The second kappa shape index (κ2) is 4.49. The summed E-state index contributed by atoms with van der Waals surface area (Å²) < 4.78 is 0. The van der Waals surface area contributed by atoms with Crippen LogP contribution in [0.4, 0.5) is 0 Å². The Balaban J connectivity index is 2.23. The van der Waals surface area contributed by atoms with E-state index in [0.717, 1.165) is 31.5 Å². The van der Waals surface area contributed by atoms with Crippen molar-refractivity contribution >= 4 is 5.91 Å². The molecule has 3 nitrogen and oxygen atoms in total. The van der Waals surface area contributed by atoms with Gasteiger partial charge >= 0.3 is 0 Å². The molecule has 0 bridgehead atoms. The maximum atomic E-state index is 11.2. The summed E-state index contributed by atoms with van der Waals surface area (Å²) in [4.78, 5) is 11.2. The number of carbonyl (C=O) groups excluding carboxylic acids is 1. The van der Waals surface area contributed by atoms with Gasteiger partial charge < -0.3 is 10.6 Å². The summed E-state index contributed by atoms with van der Waals surface area (Å²) in [7, 11) is 0. The van der Waals surface area contributed by atoms with Crippen LogP contribution >= 0.6 is 0 Å². The van der Waals surface area contributed by atoms with E-state index in [4.69, 9.17) is 0 Å². The lowest BCUT2D eigenvalue weighted by atomic mass is 10.2. The molecular weight excluding hydrogens is 176 g/mol. The molecule has 1 aliphatic rings. The van der Waals surface area contributed by atoms with E-state index in [0.29, 0.717) is 6.42 Å². The van der Waals surface area contributed by atoms with E-state index in [9.17, 15) is 4.79 Å². The molecule has 1 amide bonds. The van der Waals surface area contributed by atoms with Crippen molar-refractivity contribution in [3.8, 4) is 0 Å². The summed E-state index contributed by atoms with van der Waals surface area (Å²) in [6.07, 6.45) is 3.80. The SMILES string of the molecule is C=C(C)NC1(CNC(=O)CCC)CC1. The molecule has 1 rings (SSSR count). The number of amides is 1. The highest BCUT2D eigenvalue weighted by atomic mass is 16.1. The summed E-state index contributed by atoms with van der Waals surface area (Å²) in [6, 6.07) is 0. The van der Waals surface area contributed by atoms with E-state index in [-0.39, 0.29) is 11.4 Å². The molecular formula is C11H20N2O. The Morgan fingerprint density at radius 2 is 2.14 bits per heavy atom. The lowest BCUT2D eigenvalue weighted by Gasteiger charge is -2.19. The first kappa shape index (κ1) is 11.1. The molecule has 0 aliphatic heterocycles. The van der Waals surface area contributed by atoms with Crippen LogP contribution in [0.2, 0.25) is 0 Å². The highest BCUT2D eigenvalue weighted by Crippen LogP contribution is 2.35. The molecule has 0 heterocycles. The molecule has 2 N–H and O–H groups in total. The standard InChI is InChI=1S/C11H20N2O/c1-4-5-10(14)12-8-11(6-7-11)13-9(2)3/h13H,2,4-8H2,1,3H3,(H,12,14). The van der Waals surface area contributed by atoms with Crippen molar-refractivity contribution in [1.29, 1.82) is 0 Å². The van der Waals surface area contributed by atoms with Crippen LogP contribution in [0.5, 0.6) is 0 Å². The zero-order chi connectivity index (χ0) is 10.6. The highest BCUT2D eigenvalue weighted by molar-refractivity contribution is 5.75. The highest BCUT2D eigenvalue weighted by Gasteiger charge is 2.42.